The Morgan fingerprint density at radius 2 is 1.80 bits per heavy atom. The highest BCUT2D eigenvalue weighted by atomic mass is 16.3. The number of aromatic hydroxyl groups is 1. The molecule has 1 amide bonds. The van der Waals surface area contributed by atoms with Crippen LogP contribution in [0, 0.1) is 0 Å². The van der Waals surface area contributed by atoms with E-state index in [1.807, 2.05) is 18.2 Å². The van der Waals surface area contributed by atoms with Gasteiger partial charge in [-0.3, -0.25) is 14.6 Å². The topological polar surface area (TPSA) is 59.4 Å². The van der Waals surface area contributed by atoms with Gasteiger partial charge in [0, 0.05) is 45.3 Å². The number of piperazine rings is 1. The number of carbonyl (C=O) groups excluding carboxylic acids is 1. The average molecular weight is 407 g/mol. The lowest BCUT2D eigenvalue weighted by molar-refractivity contribution is -0.131. The standard InChI is InChI=1S/C24H30N4O2/c1-3-8-21-11-7-12-22(24(21)30)17-25-26(2)23(29)19-28-15-13-27(14-16-28)18-20-9-5-4-6-10-20/h3-7,9-12,17,30H,1,8,13-16,18-19H2,2H3. The summed E-state index contributed by atoms with van der Waals surface area (Å²) in [7, 11) is 1.65. The summed E-state index contributed by atoms with van der Waals surface area (Å²) in [5, 5.41) is 15.9. The molecule has 1 aliphatic rings. The fourth-order valence-corrected chi connectivity index (χ4v) is 3.49. The number of phenolic OH excluding ortho intramolecular Hbond substituents is 1. The van der Waals surface area contributed by atoms with E-state index in [4.69, 9.17) is 0 Å². The van der Waals surface area contributed by atoms with E-state index in [1.165, 1.54) is 16.8 Å². The Morgan fingerprint density at radius 1 is 1.10 bits per heavy atom. The first-order chi connectivity index (χ1) is 14.6. The summed E-state index contributed by atoms with van der Waals surface area (Å²) >= 11 is 0. The number of likely N-dealkylation sites (N-methyl/N-ethyl adjacent to an activating group) is 1. The molecule has 3 rings (SSSR count). The minimum absolute atomic E-state index is 0.0653. The Labute approximate surface area is 178 Å². The quantitative estimate of drug-likeness (QED) is 0.416. The molecule has 30 heavy (non-hydrogen) atoms. The number of nitrogens with zero attached hydrogens (tertiary/aromatic N) is 4. The zero-order valence-electron chi connectivity index (χ0n) is 17.6. The Kier molecular flexibility index (Phi) is 7.76. The van der Waals surface area contributed by atoms with Gasteiger partial charge in [0.2, 0.25) is 0 Å². The third kappa shape index (κ3) is 6.02. The van der Waals surface area contributed by atoms with Gasteiger partial charge in [0.1, 0.15) is 5.75 Å². The molecule has 0 bridgehead atoms. The average Bonchev–Trinajstić information content (AvgIpc) is 2.76. The number of phenols is 1. The van der Waals surface area contributed by atoms with Crippen molar-refractivity contribution in [2.75, 3.05) is 39.8 Å². The summed E-state index contributed by atoms with van der Waals surface area (Å²) in [6, 6.07) is 15.9. The summed E-state index contributed by atoms with van der Waals surface area (Å²) in [6.45, 7) is 8.60. The Hall–Kier alpha value is -2.96. The van der Waals surface area contributed by atoms with Gasteiger partial charge >= 0.3 is 0 Å². The molecule has 1 heterocycles. The van der Waals surface area contributed by atoms with Crippen molar-refractivity contribution in [3.63, 3.8) is 0 Å². The fraction of sp³-hybridized carbons (Fsp3) is 0.333. The lowest BCUT2D eigenvalue weighted by atomic mass is 10.1. The van der Waals surface area contributed by atoms with Gasteiger partial charge in [-0.15, -0.1) is 6.58 Å². The smallest absolute Gasteiger partial charge is 0.256 e. The van der Waals surface area contributed by atoms with Gasteiger partial charge in [0.25, 0.3) is 5.91 Å². The van der Waals surface area contributed by atoms with E-state index in [2.05, 4.69) is 45.7 Å². The van der Waals surface area contributed by atoms with E-state index in [9.17, 15) is 9.90 Å². The zero-order chi connectivity index (χ0) is 21.3. The first-order valence-corrected chi connectivity index (χ1v) is 10.3. The van der Waals surface area contributed by atoms with Crippen LogP contribution in [-0.2, 0) is 17.8 Å². The van der Waals surface area contributed by atoms with Gasteiger partial charge in [-0.05, 0) is 23.6 Å². The summed E-state index contributed by atoms with van der Waals surface area (Å²) in [6.07, 6.45) is 3.85. The van der Waals surface area contributed by atoms with Gasteiger partial charge in [-0.1, -0.05) is 48.5 Å². The van der Waals surface area contributed by atoms with E-state index in [0.29, 0.717) is 18.5 Å². The Morgan fingerprint density at radius 3 is 2.50 bits per heavy atom. The van der Waals surface area contributed by atoms with Crippen LogP contribution < -0.4 is 0 Å². The molecule has 2 aromatic rings. The highest BCUT2D eigenvalue weighted by molar-refractivity contribution is 5.86. The van der Waals surface area contributed by atoms with Crippen molar-refractivity contribution < 1.29 is 9.90 Å². The van der Waals surface area contributed by atoms with Crippen LogP contribution in [0.2, 0.25) is 0 Å². The van der Waals surface area contributed by atoms with E-state index >= 15 is 0 Å². The maximum absolute atomic E-state index is 12.5. The lowest BCUT2D eigenvalue weighted by Crippen LogP contribution is -2.48. The van der Waals surface area contributed by atoms with Crippen LogP contribution in [0.25, 0.3) is 0 Å². The molecule has 6 nitrogen and oxygen atoms in total. The number of rotatable bonds is 8. The molecule has 1 N–H and O–H groups in total. The molecule has 0 radical (unpaired) electrons. The minimum atomic E-state index is -0.0653. The van der Waals surface area contributed by atoms with Crippen molar-refractivity contribution in [3.8, 4) is 5.75 Å². The lowest BCUT2D eigenvalue weighted by Gasteiger charge is -2.34. The number of benzene rings is 2. The third-order valence-electron chi connectivity index (χ3n) is 5.32. The van der Waals surface area contributed by atoms with Crippen molar-refractivity contribution >= 4 is 12.1 Å². The van der Waals surface area contributed by atoms with Crippen LogP contribution in [0.5, 0.6) is 5.75 Å². The molecule has 2 aromatic carbocycles. The predicted octanol–water partition coefficient (Wildman–Crippen LogP) is 2.73. The number of para-hydroxylation sites is 1. The maximum atomic E-state index is 12.5. The minimum Gasteiger partial charge on any atom is -0.507 e. The van der Waals surface area contributed by atoms with Gasteiger partial charge in [-0.2, -0.15) is 5.10 Å². The number of hydrazone groups is 1. The molecule has 0 aromatic heterocycles. The monoisotopic (exact) mass is 406 g/mol. The molecule has 0 unspecified atom stereocenters. The van der Waals surface area contributed by atoms with Gasteiger partial charge in [0.05, 0.1) is 12.8 Å². The molecule has 1 aliphatic heterocycles. The van der Waals surface area contributed by atoms with Crippen molar-refractivity contribution in [1.29, 1.82) is 0 Å². The van der Waals surface area contributed by atoms with E-state index in [-0.39, 0.29) is 11.7 Å². The van der Waals surface area contributed by atoms with Crippen LogP contribution >= 0.6 is 0 Å². The van der Waals surface area contributed by atoms with Crippen molar-refractivity contribution in [3.05, 3.63) is 77.9 Å². The molecule has 6 heteroatoms. The Bertz CT molecular complexity index is 874. The maximum Gasteiger partial charge on any atom is 0.256 e. The zero-order valence-corrected chi connectivity index (χ0v) is 17.6. The van der Waals surface area contributed by atoms with Crippen LogP contribution in [0.1, 0.15) is 16.7 Å². The second-order valence-electron chi connectivity index (χ2n) is 7.55. The molecular formula is C24H30N4O2. The predicted molar refractivity (Wildman–Crippen MR) is 121 cm³/mol. The first-order valence-electron chi connectivity index (χ1n) is 10.3. The highest BCUT2D eigenvalue weighted by Gasteiger charge is 2.20. The van der Waals surface area contributed by atoms with E-state index < -0.39 is 0 Å². The second-order valence-corrected chi connectivity index (χ2v) is 7.55. The molecule has 0 saturated carbocycles. The molecule has 1 saturated heterocycles. The van der Waals surface area contributed by atoms with Crippen molar-refractivity contribution in [2.24, 2.45) is 5.10 Å². The SMILES string of the molecule is C=CCc1cccc(C=NN(C)C(=O)CN2CCN(Cc3ccccc3)CC2)c1O. The second kappa shape index (κ2) is 10.7. The molecule has 1 fully saturated rings. The fourth-order valence-electron chi connectivity index (χ4n) is 3.49. The van der Waals surface area contributed by atoms with Crippen molar-refractivity contribution in [2.45, 2.75) is 13.0 Å². The number of carbonyl (C=O) groups is 1. The normalized spacial score (nSPS) is 15.4. The largest absolute Gasteiger partial charge is 0.507 e. The number of hydrogen-bond acceptors (Lipinski definition) is 5. The van der Waals surface area contributed by atoms with Gasteiger partial charge < -0.3 is 5.11 Å². The summed E-state index contributed by atoms with van der Waals surface area (Å²) < 4.78 is 0. The van der Waals surface area contributed by atoms with Crippen LogP contribution in [0.15, 0.2) is 66.3 Å². The third-order valence-corrected chi connectivity index (χ3v) is 5.32. The molecule has 0 spiro atoms. The summed E-state index contributed by atoms with van der Waals surface area (Å²) in [4.78, 5) is 17.1. The molecule has 0 aliphatic carbocycles. The highest BCUT2D eigenvalue weighted by Crippen LogP contribution is 2.21. The van der Waals surface area contributed by atoms with E-state index in [0.717, 1.165) is 38.3 Å². The number of hydrogen-bond donors (Lipinski definition) is 1. The summed E-state index contributed by atoms with van der Waals surface area (Å²) in [5.41, 5.74) is 2.69. The van der Waals surface area contributed by atoms with Crippen LogP contribution in [0.4, 0.5) is 0 Å². The van der Waals surface area contributed by atoms with Crippen molar-refractivity contribution in [1.82, 2.24) is 14.8 Å². The first kappa shape index (κ1) is 21.7. The number of amides is 1. The van der Waals surface area contributed by atoms with E-state index in [1.54, 1.807) is 19.2 Å². The molecule has 0 atom stereocenters. The van der Waals surface area contributed by atoms with Crippen LogP contribution in [0.3, 0.4) is 0 Å². The van der Waals surface area contributed by atoms with Crippen LogP contribution in [-0.4, -0.2) is 71.8 Å². The molecular weight excluding hydrogens is 376 g/mol. The summed E-state index contributed by atoms with van der Waals surface area (Å²) in [5.74, 6) is 0.112. The van der Waals surface area contributed by atoms with Gasteiger partial charge in [0.15, 0.2) is 0 Å². The number of allylic oxidation sites excluding steroid dienone is 1. The Balaban J connectivity index is 1.47. The van der Waals surface area contributed by atoms with Gasteiger partial charge in [-0.25, -0.2) is 5.01 Å². The molecule has 158 valence electrons.